The van der Waals surface area contributed by atoms with Crippen molar-refractivity contribution >= 4 is 0 Å². The molecule has 0 aromatic rings. The summed E-state index contributed by atoms with van der Waals surface area (Å²) in [5.41, 5.74) is 0.279. The number of likely N-dealkylation sites (N-methyl/N-ethyl adjacent to an activating group) is 1. The third-order valence-corrected chi connectivity index (χ3v) is 2.67. The highest BCUT2D eigenvalue weighted by Crippen LogP contribution is 2.19. The van der Waals surface area contributed by atoms with Crippen LogP contribution < -0.4 is 5.32 Å². The zero-order chi connectivity index (χ0) is 11.7. The highest BCUT2D eigenvalue weighted by molar-refractivity contribution is 4.79. The van der Waals surface area contributed by atoms with Crippen molar-refractivity contribution < 1.29 is 4.74 Å². The van der Waals surface area contributed by atoms with Crippen LogP contribution in [0.5, 0.6) is 0 Å². The highest BCUT2D eigenvalue weighted by atomic mass is 16.5. The van der Waals surface area contributed by atoms with Crippen LogP contribution in [0.2, 0.25) is 0 Å². The van der Waals surface area contributed by atoms with Gasteiger partial charge < -0.3 is 10.1 Å². The van der Waals surface area contributed by atoms with Crippen molar-refractivity contribution in [3.05, 3.63) is 0 Å². The van der Waals surface area contributed by atoms with Crippen LogP contribution in [0.25, 0.3) is 0 Å². The van der Waals surface area contributed by atoms with Gasteiger partial charge >= 0.3 is 0 Å². The Hall–Kier alpha value is -0.0800. The lowest BCUT2D eigenvalue weighted by atomic mass is 9.87. The van der Waals surface area contributed by atoms with Crippen molar-refractivity contribution in [1.29, 1.82) is 0 Å². The fourth-order valence-corrected chi connectivity index (χ4v) is 1.52. The Morgan fingerprint density at radius 1 is 1.13 bits per heavy atom. The summed E-state index contributed by atoms with van der Waals surface area (Å²) in [6.45, 7) is 13.9. The molecule has 15 heavy (non-hydrogen) atoms. The van der Waals surface area contributed by atoms with Crippen LogP contribution in [0, 0.1) is 5.41 Å². The van der Waals surface area contributed by atoms with E-state index in [1.54, 1.807) is 0 Å². The van der Waals surface area contributed by atoms with Gasteiger partial charge in [0.05, 0.1) is 6.61 Å². The molecule has 0 radical (unpaired) electrons. The van der Waals surface area contributed by atoms with Gasteiger partial charge in [-0.3, -0.25) is 0 Å². The summed E-state index contributed by atoms with van der Waals surface area (Å²) in [6.07, 6.45) is 3.74. The molecule has 0 aliphatic rings. The molecule has 0 saturated carbocycles. The van der Waals surface area contributed by atoms with Gasteiger partial charge in [-0.05, 0) is 18.4 Å². The van der Waals surface area contributed by atoms with Gasteiger partial charge in [0.1, 0.15) is 0 Å². The first-order valence-electron chi connectivity index (χ1n) is 6.33. The van der Waals surface area contributed by atoms with Gasteiger partial charge in [0.2, 0.25) is 0 Å². The minimum atomic E-state index is 0.279. The molecule has 1 unspecified atom stereocenters. The minimum Gasteiger partial charge on any atom is -0.380 e. The molecule has 0 aromatic carbocycles. The van der Waals surface area contributed by atoms with E-state index in [1.165, 1.54) is 19.3 Å². The quantitative estimate of drug-likeness (QED) is 0.628. The predicted octanol–water partition coefficient (Wildman–Crippen LogP) is 3.22. The zero-order valence-electron chi connectivity index (χ0n) is 11.2. The average Bonchev–Trinajstić information content (AvgIpc) is 2.14. The second-order valence-corrected chi connectivity index (χ2v) is 5.26. The van der Waals surface area contributed by atoms with E-state index in [-0.39, 0.29) is 5.41 Å². The Bertz CT molecular complexity index is 140. The van der Waals surface area contributed by atoms with Gasteiger partial charge in [0.15, 0.2) is 0 Å². The van der Waals surface area contributed by atoms with E-state index in [0.29, 0.717) is 6.04 Å². The standard InChI is InChI=1S/C13H29NO/c1-6-8-9-10-15-11-12(14-7-2)13(3,4)5/h12,14H,6-11H2,1-5H3. The molecule has 0 bridgehead atoms. The van der Waals surface area contributed by atoms with Crippen molar-refractivity contribution in [3.8, 4) is 0 Å². The van der Waals surface area contributed by atoms with E-state index >= 15 is 0 Å². The maximum Gasteiger partial charge on any atom is 0.0624 e. The monoisotopic (exact) mass is 215 g/mol. The Labute approximate surface area is 95.8 Å². The lowest BCUT2D eigenvalue weighted by molar-refractivity contribution is 0.0739. The summed E-state index contributed by atoms with van der Waals surface area (Å²) in [6, 6.07) is 0.462. The lowest BCUT2D eigenvalue weighted by Gasteiger charge is -2.31. The SMILES string of the molecule is CCCCCOCC(NCC)C(C)(C)C. The molecular formula is C13H29NO. The van der Waals surface area contributed by atoms with Crippen molar-refractivity contribution in [3.63, 3.8) is 0 Å². The molecule has 2 nitrogen and oxygen atoms in total. The molecule has 0 amide bonds. The number of hydrogen-bond donors (Lipinski definition) is 1. The Balaban J connectivity index is 3.67. The molecule has 0 fully saturated rings. The fourth-order valence-electron chi connectivity index (χ4n) is 1.52. The third kappa shape index (κ3) is 7.80. The van der Waals surface area contributed by atoms with Crippen molar-refractivity contribution in [1.82, 2.24) is 5.32 Å². The topological polar surface area (TPSA) is 21.3 Å². The summed E-state index contributed by atoms with van der Waals surface area (Å²) in [5.74, 6) is 0. The molecule has 0 heterocycles. The Kier molecular flexibility index (Phi) is 8.07. The Morgan fingerprint density at radius 2 is 1.80 bits per heavy atom. The summed E-state index contributed by atoms with van der Waals surface area (Å²) in [7, 11) is 0. The minimum absolute atomic E-state index is 0.279. The van der Waals surface area contributed by atoms with Crippen LogP contribution in [-0.2, 0) is 4.74 Å². The number of hydrogen-bond acceptors (Lipinski definition) is 2. The van der Waals surface area contributed by atoms with Crippen LogP contribution in [0.1, 0.15) is 53.9 Å². The van der Waals surface area contributed by atoms with Crippen LogP contribution in [0.3, 0.4) is 0 Å². The molecule has 92 valence electrons. The smallest absolute Gasteiger partial charge is 0.0624 e. The van der Waals surface area contributed by atoms with Gasteiger partial charge in [0, 0.05) is 12.6 Å². The van der Waals surface area contributed by atoms with Crippen molar-refractivity contribution in [2.24, 2.45) is 5.41 Å². The first-order valence-corrected chi connectivity index (χ1v) is 6.33. The van der Waals surface area contributed by atoms with Gasteiger partial charge in [-0.1, -0.05) is 47.5 Å². The average molecular weight is 215 g/mol. The van der Waals surface area contributed by atoms with Crippen molar-refractivity contribution in [2.75, 3.05) is 19.8 Å². The summed E-state index contributed by atoms with van der Waals surface area (Å²) < 4.78 is 5.71. The maximum absolute atomic E-state index is 5.71. The summed E-state index contributed by atoms with van der Waals surface area (Å²) >= 11 is 0. The number of rotatable bonds is 8. The van der Waals surface area contributed by atoms with E-state index in [9.17, 15) is 0 Å². The summed E-state index contributed by atoms with van der Waals surface area (Å²) in [5, 5.41) is 3.49. The van der Waals surface area contributed by atoms with Crippen LogP contribution in [0.4, 0.5) is 0 Å². The molecule has 0 rings (SSSR count). The molecule has 2 heteroatoms. The molecule has 0 saturated heterocycles. The summed E-state index contributed by atoms with van der Waals surface area (Å²) in [4.78, 5) is 0. The molecule has 1 atom stereocenters. The predicted molar refractivity (Wildman–Crippen MR) is 67.3 cm³/mol. The van der Waals surface area contributed by atoms with E-state index in [4.69, 9.17) is 4.74 Å². The molecular weight excluding hydrogens is 186 g/mol. The maximum atomic E-state index is 5.71. The lowest BCUT2D eigenvalue weighted by Crippen LogP contribution is -2.43. The van der Waals surface area contributed by atoms with Crippen LogP contribution in [0.15, 0.2) is 0 Å². The highest BCUT2D eigenvalue weighted by Gasteiger charge is 2.23. The van der Waals surface area contributed by atoms with Crippen LogP contribution in [-0.4, -0.2) is 25.8 Å². The largest absolute Gasteiger partial charge is 0.380 e. The third-order valence-electron chi connectivity index (χ3n) is 2.67. The normalized spacial score (nSPS) is 14.2. The number of ether oxygens (including phenoxy) is 1. The molecule has 0 aliphatic heterocycles. The number of nitrogens with one attached hydrogen (secondary N) is 1. The first kappa shape index (κ1) is 14.9. The van der Waals surface area contributed by atoms with E-state index in [0.717, 1.165) is 19.8 Å². The van der Waals surface area contributed by atoms with Gasteiger partial charge in [-0.2, -0.15) is 0 Å². The second-order valence-electron chi connectivity index (χ2n) is 5.26. The Morgan fingerprint density at radius 3 is 2.27 bits per heavy atom. The van der Waals surface area contributed by atoms with E-state index < -0.39 is 0 Å². The number of unbranched alkanes of at least 4 members (excludes halogenated alkanes) is 2. The van der Waals surface area contributed by atoms with E-state index in [1.807, 2.05) is 0 Å². The zero-order valence-corrected chi connectivity index (χ0v) is 11.2. The van der Waals surface area contributed by atoms with Crippen molar-refractivity contribution in [2.45, 2.75) is 59.9 Å². The van der Waals surface area contributed by atoms with Gasteiger partial charge in [-0.15, -0.1) is 0 Å². The molecule has 0 aliphatic carbocycles. The van der Waals surface area contributed by atoms with Gasteiger partial charge in [0.25, 0.3) is 0 Å². The fraction of sp³-hybridized carbons (Fsp3) is 1.00. The first-order chi connectivity index (χ1) is 7.02. The molecule has 0 spiro atoms. The van der Waals surface area contributed by atoms with E-state index in [2.05, 4.69) is 39.9 Å². The van der Waals surface area contributed by atoms with Crippen LogP contribution >= 0.6 is 0 Å². The molecule has 0 aromatic heterocycles. The molecule has 1 N–H and O–H groups in total. The second kappa shape index (κ2) is 8.12. The van der Waals surface area contributed by atoms with Gasteiger partial charge in [-0.25, -0.2) is 0 Å².